The molecular weight excluding hydrogens is 226 g/mol. The van der Waals surface area contributed by atoms with Gasteiger partial charge in [0.2, 0.25) is 5.91 Å². The van der Waals surface area contributed by atoms with Gasteiger partial charge in [-0.15, -0.1) is 11.8 Å². The average Bonchev–Trinajstić information content (AvgIpc) is 2.85. The Morgan fingerprint density at radius 1 is 1.38 bits per heavy atom. The van der Waals surface area contributed by atoms with Crippen molar-refractivity contribution < 1.29 is 14.7 Å². The Balaban J connectivity index is 2.12. The van der Waals surface area contributed by atoms with Crippen LogP contribution in [0.4, 0.5) is 0 Å². The van der Waals surface area contributed by atoms with E-state index in [0.717, 1.165) is 25.7 Å². The number of amides is 1. The van der Waals surface area contributed by atoms with E-state index in [9.17, 15) is 9.59 Å². The van der Waals surface area contributed by atoms with Crippen LogP contribution in [0.2, 0.25) is 0 Å². The first-order valence-electron chi connectivity index (χ1n) is 5.66. The van der Waals surface area contributed by atoms with Crippen LogP contribution in [0.25, 0.3) is 0 Å². The first kappa shape index (κ1) is 11.8. The molecule has 1 atom stereocenters. The molecule has 1 N–H and O–H groups in total. The second-order valence-electron chi connectivity index (χ2n) is 4.90. The summed E-state index contributed by atoms with van der Waals surface area (Å²) in [5.74, 6) is 0.227. The van der Waals surface area contributed by atoms with Gasteiger partial charge in [0.05, 0.1) is 5.88 Å². The van der Waals surface area contributed by atoms with Crippen molar-refractivity contribution in [2.45, 2.75) is 38.6 Å². The maximum absolute atomic E-state index is 12.3. The Hall–Kier alpha value is -0.710. The Bertz CT molecular complexity index is 312. The van der Waals surface area contributed by atoms with E-state index in [-0.39, 0.29) is 11.3 Å². The van der Waals surface area contributed by atoms with Gasteiger partial charge in [-0.05, 0) is 12.8 Å². The molecule has 1 aliphatic heterocycles. The highest BCUT2D eigenvalue weighted by Gasteiger charge is 2.44. The molecule has 1 aliphatic carbocycles. The molecule has 2 aliphatic rings. The monoisotopic (exact) mass is 243 g/mol. The number of rotatable bonds is 2. The molecule has 90 valence electrons. The van der Waals surface area contributed by atoms with E-state index >= 15 is 0 Å². The summed E-state index contributed by atoms with van der Waals surface area (Å²) in [6, 6.07) is -0.616. The number of hydrogen-bond donors (Lipinski definition) is 1. The molecule has 1 amide bonds. The van der Waals surface area contributed by atoms with Crippen LogP contribution < -0.4 is 0 Å². The van der Waals surface area contributed by atoms with Crippen LogP contribution in [0, 0.1) is 5.41 Å². The predicted molar refractivity (Wildman–Crippen MR) is 62.2 cm³/mol. The van der Waals surface area contributed by atoms with Crippen LogP contribution in [-0.2, 0) is 9.59 Å². The quantitative estimate of drug-likeness (QED) is 0.799. The maximum atomic E-state index is 12.3. The number of aliphatic carboxylic acids is 1. The highest BCUT2D eigenvalue weighted by atomic mass is 32.2. The van der Waals surface area contributed by atoms with Gasteiger partial charge in [0.1, 0.15) is 6.04 Å². The van der Waals surface area contributed by atoms with Crippen LogP contribution in [0.3, 0.4) is 0 Å². The van der Waals surface area contributed by atoms with Crippen LogP contribution >= 0.6 is 11.8 Å². The number of carboxylic acid groups (broad SMARTS) is 1. The fraction of sp³-hybridized carbons (Fsp3) is 0.818. The zero-order valence-electron chi connectivity index (χ0n) is 9.44. The van der Waals surface area contributed by atoms with Gasteiger partial charge in [0.25, 0.3) is 0 Å². The number of carbonyl (C=O) groups excluding carboxylic acids is 1. The average molecular weight is 243 g/mol. The number of carboxylic acids is 1. The van der Waals surface area contributed by atoms with Crippen LogP contribution in [-0.4, -0.2) is 39.6 Å². The predicted octanol–water partition coefficient (Wildman–Crippen LogP) is 1.55. The Morgan fingerprint density at radius 2 is 2.00 bits per heavy atom. The fourth-order valence-electron chi connectivity index (χ4n) is 2.56. The van der Waals surface area contributed by atoms with E-state index in [4.69, 9.17) is 5.11 Å². The molecule has 0 radical (unpaired) electrons. The molecule has 16 heavy (non-hydrogen) atoms. The second-order valence-corrected chi connectivity index (χ2v) is 5.90. The topological polar surface area (TPSA) is 57.6 Å². The normalized spacial score (nSPS) is 28.3. The summed E-state index contributed by atoms with van der Waals surface area (Å²) in [4.78, 5) is 24.9. The smallest absolute Gasteiger partial charge is 0.327 e. The lowest BCUT2D eigenvalue weighted by Gasteiger charge is -2.30. The summed E-state index contributed by atoms with van der Waals surface area (Å²) >= 11 is 1.53. The Morgan fingerprint density at radius 3 is 2.56 bits per heavy atom. The second kappa shape index (κ2) is 4.28. The first-order chi connectivity index (χ1) is 7.54. The number of thioether (sulfide) groups is 1. The summed E-state index contributed by atoms with van der Waals surface area (Å²) in [5.41, 5.74) is -0.307. The fourth-order valence-corrected chi connectivity index (χ4v) is 3.71. The maximum Gasteiger partial charge on any atom is 0.327 e. The standard InChI is InChI=1S/C11H17NO3S/c1-11(4-2-3-5-11)10(15)12-7-16-6-8(12)9(13)14/h8H,2-7H2,1H3,(H,13,14). The van der Waals surface area contributed by atoms with E-state index in [1.165, 1.54) is 11.8 Å². The van der Waals surface area contributed by atoms with Crippen LogP contribution in [0.5, 0.6) is 0 Å². The van der Waals surface area contributed by atoms with Crippen molar-refractivity contribution >= 4 is 23.6 Å². The van der Waals surface area contributed by atoms with E-state index in [2.05, 4.69) is 0 Å². The van der Waals surface area contributed by atoms with Crippen molar-refractivity contribution in [2.24, 2.45) is 5.41 Å². The van der Waals surface area contributed by atoms with Crippen molar-refractivity contribution in [3.05, 3.63) is 0 Å². The van der Waals surface area contributed by atoms with E-state index in [0.29, 0.717) is 11.6 Å². The van der Waals surface area contributed by atoms with Gasteiger partial charge in [-0.1, -0.05) is 19.8 Å². The summed E-state index contributed by atoms with van der Waals surface area (Å²) in [7, 11) is 0. The van der Waals surface area contributed by atoms with Gasteiger partial charge in [-0.3, -0.25) is 4.79 Å². The van der Waals surface area contributed by atoms with E-state index < -0.39 is 12.0 Å². The molecule has 1 unspecified atom stereocenters. The van der Waals surface area contributed by atoms with Gasteiger partial charge < -0.3 is 10.0 Å². The lowest BCUT2D eigenvalue weighted by molar-refractivity contribution is -0.152. The number of nitrogens with zero attached hydrogens (tertiary/aromatic N) is 1. The highest BCUT2D eigenvalue weighted by molar-refractivity contribution is 7.99. The van der Waals surface area contributed by atoms with Crippen molar-refractivity contribution in [3.8, 4) is 0 Å². The summed E-state index contributed by atoms with van der Waals surface area (Å²) in [6.45, 7) is 1.98. The molecule has 0 bridgehead atoms. The van der Waals surface area contributed by atoms with Gasteiger partial charge in [0, 0.05) is 11.2 Å². The van der Waals surface area contributed by atoms with Gasteiger partial charge in [-0.25, -0.2) is 4.79 Å². The molecule has 0 spiro atoms. The lowest BCUT2D eigenvalue weighted by Crippen LogP contribution is -2.47. The van der Waals surface area contributed by atoms with Gasteiger partial charge in [-0.2, -0.15) is 0 Å². The molecule has 1 heterocycles. The molecule has 4 nitrogen and oxygen atoms in total. The van der Waals surface area contributed by atoms with Crippen molar-refractivity contribution in [2.75, 3.05) is 11.6 Å². The molecule has 2 rings (SSSR count). The minimum absolute atomic E-state index is 0.0439. The molecule has 5 heteroatoms. The van der Waals surface area contributed by atoms with E-state index in [1.807, 2.05) is 6.92 Å². The molecule has 0 aromatic rings. The summed E-state index contributed by atoms with van der Waals surface area (Å²) < 4.78 is 0. The molecule has 2 fully saturated rings. The zero-order valence-corrected chi connectivity index (χ0v) is 10.3. The molecule has 1 saturated heterocycles. The van der Waals surface area contributed by atoms with Crippen molar-refractivity contribution in [1.82, 2.24) is 4.90 Å². The van der Waals surface area contributed by atoms with Crippen molar-refractivity contribution in [1.29, 1.82) is 0 Å². The van der Waals surface area contributed by atoms with Crippen LogP contribution in [0.1, 0.15) is 32.6 Å². The molecule has 0 aromatic heterocycles. The third kappa shape index (κ3) is 1.93. The molecule has 1 saturated carbocycles. The van der Waals surface area contributed by atoms with Crippen LogP contribution in [0.15, 0.2) is 0 Å². The van der Waals surface area contributed by atoms with Gasteiger partial charge in [0.15, 0.2) is 0 Å². The Labute approximate surface area is 99.4 Å². The van der Waals surface area contributed by atoms with E-state index in [1.54, 1.807) is 4.90 Å². The third-order valence-electron chi connectivity index (χ3n) is 3.65. The minimum atomic E-state index is -0.875. The molecular formula is C11H17NO3S. The third-order valence-corrected chi connectivity index (χ3v) is 4.66. The zero-order chi connectivity index (χ0) is 11.8. The lowest BCUT2D eigenvalue weighted by atomic mass is 9.87. The molecule has 0 aromatic carbocycles. The van der Waals surface area contributed by atoms with Crippen molar-refractivity contribution in [3.63, 3.8) is 0 Å². The Kier molecular flexibility index (Phi) is 3.15. The summed E-state index contributed by atoms with van der Waals surface area (Å²) in [5, 5.41) is 9.05. The highest BCUT2D eigenvalue weighted by Crippen LogP contribution is 2.40. The number of hydrogen-bond acceptors (Lipinski definition) is 3. The minimum Gasteiger partial charge on any atom is -0.480 e. The SMILES string of the molecule is CC1(C(=O)N2CSCC2C(=O)O)CCCC1. The largest absolute Gasteiger partial charge is 0.480 e. The number of carbonyl (C=O) groups is 2. The van der Waals surface area contributed by atoms with Gasteiger partial charge >= 0.3 is 5.97 Å². The summed E-state index contributed by atoms with van der Waals surface area (Å²) in [6.07, 6.45) is 3.97. The first-order valence-corrected chi connectivity index (χ1v) is 6.82.